The van der Waals surface area contributed by atoms with Crippen molar-refractivity contribution in [1.82, 2.24) is 4.90 Å². The number of halogens is 2. The van der Waals surface area contributed by atoms with E-state index in [1.807, 2.05) is 24.3 Å². The Bertz CT molecular complexity index is 707. The van der Waals surface area contributed by atoms with E-state index < -0.39 is 0 Å². The summed E-state index contributed by atoms with van der Waals surface area (Å²) in [6.45, 7) is 1.45. The minimum Gasteiger partial charge on any atom is -0.489 e. The molecule has 0 radical (unpaired) electrons. The first kappa shape index (κ1) is 18.4. The molecule has 1 heterocycles. The third-order valence-corrected chi connectivity index (χ3v) is 5.37. The molecule has 0 amide bonds. The second-order valence-electron chi connectivity index (χ2n) is 6.79. The van der Waals surface area contributed by atoms with E-state index in [9.17, 15) is 4.39 Å². The van der Waals surface area contributed by atoms with Gasteiger partial charge in [0.2, 0.25) is 0 Å². The Hall–Kier alpha value is -1.43. The predicted molar refractivity (Wildman–Crippen MR) is 102 cm³/mol. The lowest BCUT2D eigenvalue weighted by molar-refractivity contribution is 0.168. The van der Waals surface area contributed by atoms with Gasteiger partial charge in [-0.05, 0) is 74.3 Å². The van der Waals surface area contributed by atoms with Crippen molar-refractivity contribution in [3.05, 3.63) is 63.9 Å². The molecule has 0 bridgehead atoms. The topological polar surface area (TPSA) is 38.5 Å². The van der Waals surface area contributed by atoms with Crippen LogP contribution in [0.25, 0.3) is 0 Å². The molecular weight excluding hydrogens is 383 g/mol. The summed E-state index contributed by atoms with van der Waals surface area (Å²) in [5.41, 5.74) is 8.10. The van der Waals surface area contributed by atoms with Crippen LogP contribution in [0.1, 0.15) is 24.0 Å². The number of likely N-dealkylation sites (N-methyl/N-ethyl adjacent to an activating group) is 1. The third-order valence-electron chi connectivity index (χ3n) is 4.84. The Labute approximate surface area is 157 Å². The fourth-order valence-corrected chi connectivity index (χ4v) is 3.55. The standard InChI is InChI=1S/C20H24BrFN2O/c1-24-9-8-18(23)12-19(24)11-15-10-17(22)6-7-20(15)25-13-14-2-4-16(21)5-3-14/h2-7,10,18-19H,8-9,11-13,23H2,1H3. The summed E-state index contributed by atoms with van der Waals surface area (Å²) in [6, 6.07) is 13.3. The number of benzene rings is 2. The van der Waals surface area contributed by atoms with Crippen molar-refractivity contribution in [2.75, 3.05) is 13.6 Å². The van der Waals surface area contributed by atoms with Gasteiger partial charge in [0.1, 0.15) is 18.2 Å². The van der Waals surface area contributed by atoms with E-state index in [0.717, 1.165) is 47.2 Å². The molecule has 2 aromatic carbocycles. The molecule has 2 aromatic rings. The van der Waals surface area contributed by atoms with E-state index in [1.54, 1.807) is 12.1 Å². The van der Waals surface area contributed by atoms with Crippen LogP contribution in [0.3, 0.4) is 0 Å². The number of nitrogens with two attached hydrogens (primary N) is 1. The van der Waals surface area contributed by atoms with Gasteiger partial charge in [0.25, 0.3) is 0 Å². The number of nitrogens with zero attached hydrogens (tertiary/aromatic N) is 1. The van der Waals surface area contributed by atoms with Gasteiger partial charge in [0.05, 0.1) is 0 Å². The van der Waals surface area contributed by atoms with Gasteiger partial charge in [-0.25, -0.2) is 4.39 Å². The molecular formula is C20H24BrFN2O. The van der Waals surface area contributed by atoms with Crippen LogP contribution in [-0.2, 0) is 13.0 Å². The summed E-state index contributed by atoms with van der Waals surface area (Å²) < 4.78 is 20.8. The minimum atomic E-state index is -0.228. The number of hydrogen-bond acceptors (Lipinski definition) is 3. The molecule has 1 saturated heterocycles. The molecule has 2 N–H and O–H groups in total. The highest BCUT2D eigenvalue weighted by atomic mass is 79.9. The molecule has 0 saturated carbocycles. The lowest BCUT2D eigenvalue weighted by Gasteiger charge is -2.36. The van der Waals surface area contributed by atoms with Crippen LogP contribution in [0.5, 0.6) is 5.75 Å². The molecule has 0 aromatic heterocycles. The zero-order valence-electron chi connectivity index (χ0n) is 14.4. The van der Waals surface area contributed by atoms with E-state index in [1.165, 1.54) is 6.07 Å². The highest BCUT2D eigenvalue weighted by Crippen LogP contribution is 2.26. The molecule has 2 atom stereocenters. The van der Waals surface area contributed by atoms with E-state index in [4.69, 9.17) is 10.5 Å². The maximum atomic E-state index is 13.8. The van der Waals surface area contributed by atoms with Crippen molar-refractivity contribution in [2.45, 2.75) is 38.0 Å². The van der Waals surface area contributed by atoms with Crippen LogP contribution >= 0.6 is 15.9 Å². The molecule has 1 fully saturated rings. The van der Waals surface area contributed by atoms with Crippen molar-refractivity contribution in [3.63, 3.8) is 0 Å². The summed E-state index contributed by atoms with van der Waals surface area (Å²) in [5, 5.41) is 0. The van der Waals surface area contributed by atoms with E-state index in [2.05, 4.69) is 27.9 Å². The lowest BCUT2D eigenvalue weighted by Crippen LogP contribution is -2.45. The maximum absolute atomic E-state index is 13.8. The van der Waals surface area contributed by atoms with Crippen LogP contribution in [0.4, 0.5) is 4.39 Å². The van der Waals surface area contributed by atoms with Crippen molar-refractivity contribution in [1.29, 1.82) is 0 Å². The van der Waals surface area contributed by atoms with E-state index in [-0.39, 0.29) is 11.9 Å². The summed E-state index contributed by atoms with van der Waals surface area (Å²) in [4.78, 5) is 2.31. The first-order chi connectivity index (χ1) is 12.0. The summed E-state index contributed by atoms with van der Waals surface area (Å²) in [6.07, 6.45) is 2.69. The van der Waals surface area contributed by atoms with Crippen LogP contribution in [-0.4, -0.2) is 30.6 Å². The number of ether oxygens (including phenoxy) is 1. The molecule has 3 nitrogen and oxygen atoms in total. The first-order valence-corrected chi connectivity index (χ1v) is 9.42. The Morgan fingerprint density at radius 3 is 2.76 bits per heavy atom. The summed E-state index contributed by atoms with van der Waals surface area (Å²) >= 11 is 3.43. The Kier molecular flexibility index (Phi) is 6.10. The highest BCUT2D eigenvalue weighted by Gasteiger charge is 2.25. The summed E-state index contributed by atoms with van der Waals surface area (Å²) in [7, 11) is 2.11. The van der Waals surface area contributed by atoms with E-state index in [0.29, 0.717) is 12.6 Å². The second-order valence-corrected chi connectivity index (χ2v) is 7.71. The average Bonchev–Trinajstić information content (AvgIpc) is 2.59. The zero-order valence-corrected chi connectivity index (χ0v) is 16.0. The fraction of sp³-hybridized carbons (Fsp3) is 0.400. The van der Waals surface area contributed by atoms with Gasteiger partial charge in [-0.1, -0.05) is 28.1 Å². The third kappa shape index (κ3) is 5.03. The van der Waals surface area contributed by atoms with Gasteiger partial charge in [0.15, 0.2) is 0 Å². The number of piperidine rings is 1. The van der Waals surface area contributed by atoms with Crippen molar-refractivity contribution >= 4 is 15.9 Å². The Morgan fingerprint density at radius 2 is 2.00 bits per heavy atom. The SMILES string of the molecule is CN1CCC(N)CC1Cc1cc(F)ccc1OCc1ccc(Br)cc1. The number of likely N-dealkylation sites (tertiary alicyclic amines) is 1. The van der Waals surface area contributed by atoms with Crippen LogP contribution < -0.4 is 10.5 Å². The molecule has 134 valence electrons. The van der Waals surface area contributed by atoms with Gasteiger partial charge in [-0.2, -0.15) is 0 Å². The fourth-order valence-electron chi connectivity index (χ4n) is 3.28. The molecule has 1 aliphatic rings. The Balaban J connectivity index is 1.72. The monoisotopic (exact) mass is 406 g/mol. The van der Waals surface area contributed by atoms with Gasteiger partial charge in [0, 0.05) is 16.6 Å². The molecule has 25 heavy (non-hydrogen) atoms. The molecule has 5 heteroatoms. The highest BCUT2D eigenvalue weighted by molar-refractivity contribution is 9.10. The average molecular weight is 407 g/mol. The minimum absolute atomic E-state index is 0.224. The predicted octanol–water partition coefficient (Wildman–Crippen LogP) is 4.13. The van der Waals surface area contributed by atoms with Crippen LogP contribution in [0.15, 0.2) is 46.9 Å². The maximum Gasteiger partial charge on any atom is 0.123 e. The lowest BCUT2D eigenvalue weighted by atomic mass is 9.93. The van der Waals surface area contributed by atoms with Gasteiger partial charge < -0.3 is 15.4 Å². The van der Waals surface area contributed by atoms with Crippen LogP contribution in [0, 0.1) is 5.82 Å². The molecule has 2 unspecified atom stereocenters. The van der Waals surface area contributed by atoms with Gasteiger partial charge in [-0.15, -0.1) is 0 Å². The quantitative estimate of drug-likeness (QED) is 0.810. The smallest absolute Gasteiger partial charge is 0.123 e. The normalized spacial score (nSPS) is 21.3. The van der Waals surface area contributed by atoms with Gasteiger partial charge >= 0.3 is 0 Å². The molecule has 3 rings (SSSR count). The molecule has 0 spiro atoms. The van der Waals surface area contributed by atoms with Crippen molar-refractivity contribution < 1.29 is 9.13 Å². The van der Waals surface area contributed by atoms with E-state index >= 15 is 0 Å². The summed E-state index contributed by atoms with van der Waals surface area (Å²) in [5.74, 6) is 0.519. The number of rotatable bonds is 5. The van der Waals surface area contributed by atoms with Crippen molar-refractivity contribution in [2.24, 2.45) is 5.73 Å². The second kappa shape index (κ2) is 8.30. The van der Waals surface area contributed by atoms with Crippen molar-refractivity contribution in [3.8, 4) is 5.75 Å². The van der Waals surface area contributed by atoms with Crippen LogP contribution in [0.2, 0.25) is 0 Å². The largest absolute Gasteiger partial charge is 0.489 e. The molecule has 1 aliphatic heterocycles. The number of hydrogen-bond donors (Lipinski definition) is 1. The molecule has 0 aliphatic carbocycles. The van der Waals surface area contributed by atoms with Gasteiger partial charge in [-0.3, -0.25) is 0 Å². The Morgan fingerprint density at radius 1 is 1.24 bits per heavy atom. The zero-order chi connectivity index (χ0) is 17.8. The first-order valence-electron chi connectivity index (χ1n) is 8.63.